The molecule has 0 unspecified atom stereocenters. The zero-order valence-electron chi connectivity index (χ0n) is 14.4. The Morgan fingerprint density at radius 1 is 1.12 bits per heavy atom. The topological polar surface area (TPSA) is 84.0 Å². The molecule has 0 aromatic heterocycles. The van der Waals surface area contributed by atoms with Crippen LogP contribution in [0.1, 0.15) is 12.0 Å². The van der Waals surface area contributed by atoms with Crippen LogP contribution in [0, 0.1) is 0 Å². The number of guanidine groups is 1. The molecule has 0 bridgehead atoms. The molecule has 8 heteroatoms. The molecule has 0 heterocycles. The minimum atomic E-state index is -0.0966. The smallest absolute Gasteiger partial charge is 0.239 e. The number of aliphatic imine (C=N–C) groups is 1. The van der Waals surface area contributed by atoms with Crippen molar-refractivity contribution in [2.75, 3.05) is 41.0 Å². The highest BCUT2D eigenvalue weighted by molar-refractivity contribution is 14.0. The van der Waals surface area contributed by atoms with Crippen molar-refractivity contribution in [3.63, 3.8) is 0 Å². The molecule has 24 heavy (non-hydrogen) atoms. The number of rotatable bonds is 9. The van der Waals surface area contributed by atoms with Crippen molar-refractivity contribution in [3.05, 3.63) is 29.8 Å². The summed E-state index contributed by atoms with van der Waals surface area (Å²) in [4.78, 5) is 15.9. The van der Waals surface area contributed by atoms with Crippen LogP contribution in [0.15, 0.2) is 29.3 Å². The highest BCUT2D eigenvalue weighted by Gasteiger charge is 2.03. The first-order valence-electron chi connectivity index (χ1n) is 7.52. The molecule has 136 valence electrons. The minimum Gasteiger partial charge on any atom is -0.497 e. The average Bonchev–Trinajstić information content (AvgIpc) is 2.59. The van der Waals surface area contributed by atoms with Crippen LogP contribution in [0.4, 0.5) is 0 Å². The monoisotopic (exact) mass is 450 g/mol. The van der Waals surface area contributed by atoms with E-state index in [2.05, 4.69) is 20.9 Å². The van der Waals surface area contributed by atoms with E-state index in [1.807, 2.05) is 24.3 Å². The van der Waals surface area contributed by atoms with Gasteiger partial charge in [-0.2, -0.15) is 0 Å². The second kappa shape index (κ2) is 13.8. The van der Waals surface area contributed by atoms with E-state index in [4.69, 9.17) is 9.47 Å². The number of benzene rings is 1. The molecule has 1 amide bonds. The van der Waals surface area contributed by atoms with Crippen LogP contribution < -0.4 is 20.7 Å². The van der Waals surface area contributed by atoms with Gasteiger partial charge in [0.25, 0.3) is 0 Å². The lowest BCUT2D eigenvalue weighted by Crippen LogP contribution is -2.43. The van der Waals surface area contributed by atoms with E-state index in [-0.39, 0.29) is 36.4 Å². The first-order chi connectivity index (χ1) is 11.2. The summed E-state index contributed by atoms with van der Waals surface area (Å²) in [5, 5.41) is 8.92. The Kier molecular flexibility index (Phi) is 13.0. The summed E-state index contributed by atoms with van der Waals surface area (Å²) in [5.74, 6) is 1.30. The van der Waals surface area contributed by atoms with E-state index in [9.17, 15) is 4.79 Å². The number of amides is 1. The highest BCUT2D eigenvalue weighted by atomic mass is 127. The Bertz CT molecular complexity index is 495. The molecule has 3 N–H and O–H groups in total. The summed E-state index contributed by atoms with van der Waals surface area (Å²) in [5.41, 5.74) is 1.02. The van der Waals surface area contributed by atoms with Crippen molar-refractivity contribution in [1.82, 2.24) is 16.0 Å². The van der Waals surface area contributed by atoms with Gasteiger partial charge < -0.3 is 25.4 Å². The first-order valence-corrected chi connectivity index (χ1v) is 7.52. The summed E-state index contributed by atoms with van der Waals surface area (Å²) < 4.78 is 10.1. The molecule has 0 radical (unpaired) electrons. The van der Waals surface area contributed by atoms with E-state index >= 15 is 0 Å². The van der Waals surface area contributed by atoms with Crippen molar-refractivity contribution >= 4 is 35.8 Å². The molecule has 7 nitrogen and oxygen atoms in total. The van der Waals surface area contributed by atoms with Crippen LogP contribution >= 0.6 is 24.0 Å². The molecular formula is C16H27IN4O3. The van der Waals surface area contributed by atoms with Gasteiger partial charge in [-0.1, -0.05) is 12.1 Å². The number of carbonyl (C=O) groups is 1. The molecule has 0 fully saturated rings. The first kappa shape index (κ1) is 22.4. The summed E-state index contributed by atoms with van der Waals surface area (Å²) in [7, 11) is 4.96. The third-order valence-electron chi connectivity index (χ3n) is 3.11. The van der Waals surface area contributed by atoms with Crippen LogP contribution in [0.5, 0.6) is 5.75 Å². The molecular weight excluding hydrogens is 423 g/mol. The number of nitrogens with zero attached hydrogens (tertiary/aromatic N) is 1. The number of halogens is 1. The Balaban J connectivity index is 0.00000529. The molecule has 0 saturated heterocycles. The van der Waals surface area contributed by atoms with Crippen LogP contribution in [-0.2, 0) is 16.1 Å². The predicted molar refractivity (Wildman–Crippen MR) is 106 cm³/mol. The Labute approximate surface area is 160 Å². The maximum Gasteiger partial charge on any atom is 0.239 e. The molecule has 1 aromatic rings. The molecule has 0 saturated carbocycles. The Hall–Kier alpha value is -1.55. The van der Waals surface area contributed by atoms with Gasteiger partial charge in [0.15, 0.2) is 5.96 Å². The fourth-order valence-corrected chi connectivity index (χ4v) is 1.81. The molecule has 1 rings (SSSR count). The third-order valence-corrected chi connectivity index (χ3v) is 3.11. The van der Waals surface area contributed by atoms with Crippen molar-refractivity contribution < 1.29 is 14.3 Å². The number of carbonyl (C=O) groups excluding carboxylic acids is 1. The summed E-state index contributed by atoms with van der Waals surface area (Å²) in [6, 6.07) is 7.57. The number of hydrogen-bond acceptors (Lipinski definition) is 4. The van der Waals surface area contributed by atoms with E-state index in [1.165, 1.54) is 0 Å². The van der Waals surface area contributed by atoms with E-state index < -0.39 is 0 Å². The van der Waals surface area contributed by atoms with E-state index in [0.29, 0.717) is 19.1 Å². The van der Waals surface area contributed by atoms with Crippen LogP contribution in [-0.4, -0.2) is 52.8 Å². The zero-order valence-corrected chi connectivity index (χ0v) is 16.8. The number of ether oxygens (including phenoxy) is 2. The van der Waals surface area contributed by atoms with Crippen LogP contribution in [0.25, 0.3) is 0 Å². The third kappa shape index (κ3) is 9.56. The average molecular weight is 450 g/mol. The second-order valence-electron chi connectivity index (χ2n) is 4.82. The van der Waals surface area contributed by atoms with Crippen molar-refractivity contribution in [2.45, 2.75) is 13.0 Å². The van der Waals surface area contributed by atoms with Gasteiger partial charge in [0.2, 0.25) is 5.91 Å². The predicted octanol–water partition coefficient (Wildman–Crippen LogP) is 1.13. The minimum absolute atomic E-state index is 0. The summed E-state index contributed by atoms with van der Waals surface area (Å²) in [6.45, 7) is 2.07. The molecule has 0 aliphatic heterocycles. The van der Waals surface area contributed by atoms with Gasteiger partial charge in [0.05, 0.1) is 13.7 Å². The van der Waals surface area contributed by atoms with Crippen LogP contribution in [0.2, 0.25) is 0 Å². The van der Waals surface area contributed by atoms with Crippen molar-refractivity contribution in [2.24, 2.45) is 4.99 Å². The number of methoxy groups -OCH3 is 2. The van der Waals surface area contributed by atoms with Gasteiger partial charge in [0, 0.05) is 33.9 Å². The fraction of sp³-hybridized carbons (Fsp3) is 0.500. The van der Waals surface area contributed by atoms with Crippen molar-refractivity contribution in [3.8, 4) is 5.75 Å². The Morgan fingerprint density at radius 2 is 1.83 bits per heavy atom. The van der Waals surface area contributed by atoms with Gasteiger partial charge in [0.1, 0.15) is 5.75 Å². The lowest BCUT2D eigenvalue weighted by molar-refractivity contribution is -0.120. The summed E-state index contributed by atoms with van der Waals surface area (Å²) in [6.07, 6.45) is 0.876. The SMILES string of the molecule is CN=C(NCCCOC)NCC(=O)NCc1ccc(OC)cc1.I. The second-order valence-corrected chi connectivity index (χ2v) is 4.82. The zero-order chi connectivity index (χ0) is 16.9. The standard InChI is InChI=1S/C16H26N4O3.HI/c1-17-16(18-9-4-10-22-2)20-12-15(21)19-11-13-5-7-14(23-3)8-6-13;/h5-8H,4,9-12H2,1-3H3,(H,19,21)(H2,17,18,20);1H. The van der Waals surface area contributed by atoms with Gasteiger partial charge in [-0.25, -0.2) is 0 Å². The molecule has 1 aromatic carbocycles. The number of nitrogens with one attached hydrogen (secondary N) is 3. The Morgan fingerprint density at radius 3 is 2.42 bits per heavy atom. The largest absolute Gasteiger partial charge is 0.497 e. The maximum atomic E-state index is 11.8. The lowest BCUT2D eigenvalue weighted by Gasteiger charge is -2.12. The van der Waals surface area contributed by atoms with Gasteiger partial charge in [-0.15, -0.1) is 24.0 Å². The molecule has 0 atom stereocenters. The van der Waals surface area contributed by atoms with Gasteiger partial charge in [-0.05, 0) is 24.1 Å². The molecule has 0 aliphatic rings. The number of hydrogen-bond donors (Lipinski definition) is 3. The lowest BCUT2D eigenvalue weighted by atomic mass is 10.2. The molecule has 0 spiro atoms. The normalized spacial score (nSPS) is 10.5. The maximum absolute atomic E-state index is 11.8. The van der Waals surface area contributed by atoms with Gasteiger partial charge in [-0.3, -0.25) is 9.79 Å². The highest BCUT2D eigenvalue weighted by Crippen LogP contribution is 2.10. The fourth-order valence-electron chi connectivity index (χ4n) is 1.81. The summed E-state index contributed by atoms with van der Waals surface area (Å²) >= 11 is 0. The quantitative estimate of drug-likeness (QED) is 0.228. The van der Waals surface area contributed by atoms with E-state index in [0.717, 1.165) is 24.3 Å². The van der Waals surface area contributed by atoms with Gasteiger partial charge >= 0.3 is 0 Å². The van der Waals surface area contributed by atoms with Crippen molar-refractivity contribution in [1.29, 1.82) is 0 Å². The van der Waals surface area contributed by atoms with Crippen LogP contribution in [0.3, 0.4) is 0 Å². The van der Waals surface area contributed by atoms with E-state index in [1.54, 1.807) is 21.3 Å². The molecule has 0 aliphatic carbocycles.